The highest BCUT2D eigenvalue weighted by molar-refractivity contribution is 8.36. The molecule has 2 fully saturated rings. The molecular weight excluding hydrogens is 386 g/mol. The molecule has 29 heavy (non-hydrogen) atoms. The predicted molar refractivity (Wildman–Crippen MR) is 134 cm³/mol. The summed E-state index contributed by atoms with van der Waals surface area (Å²) < 4.78 is 0. The summed E-state index contributed by atoms with van der Waals surface area (Å²) in [6, 6.07) is 9.50. The molecular formula is C27H40P2. The fraction of sp³-hybridized carbons (Fsp3) is 0.630. The van der Waals surface area contributed by atoms with E-state index in [1.807, 2.05) is 5.31 Å². The molecule has 1 aliphatic heterocycles. The Balaban J connectivity index is 1.56. The van der Waals surface area contributed by atoms with Crippen LogP contribution in [0.3, 0.4) is 0 Å². The molecule has 2 aliphatic carbocycles. The topological polar surface area (TPSA) is 0 Å². The van der Waals surface area contributed by atoms with E-state index < -0.39 is 0 Å². The van der Waals surface area contributed by atoms with Gasteiger partial charge in [0.2, 0.25) is 0 Å². The van der Waals surface area contributed by atoms with Crippen molar-refractivity contribution in [2.75, 3.05) is 12.3 Å². The van der Waals surface area contributed by atoms with Gasteiger partial charge in [-0.05, 0) is 60.7 Å². The van der Waals surface area contributed by atoms with Crippen molar-refractivity contribution in [3.8, 4) is 0 Å². The van der Waals surface area contributed by atoms with Gasteiger partial charge in [-0.15, -0.1) is 0 Å². The van der Waals surface area contributed by atoms with Crippen molar-refractivity contribution in [3.63, 3.8) is 0 Å². The van der Waals surface area contributed by atoms with Gasteiger partial charge in [-0.3, -0.25) is 0 Å². The molecule has 158 valence electrons. The summed E-state index contributed by atoms with van der Waals surface area (Å²) in [5.74, 6) is 2.36. The third-order valence-corrected chi connectivity index (χ3v) is 17.7. The molecule has 4 rings (SSSR count). The van der Waals surface area contributed by atoms with Gasteiger partial charge in [0.25, 0.3) is 0 Å². The first-order valence-corrected chi connectivity index (χ1v) is 15.9. The maximum absolute atomic E-state index is 2.62. The first kappa shape index (κ1) is 21.8. The van der Waals surface area contributed by atoms with Crippen LogP contribution in [0.1, 0.15) is 82.8 Å². The summed E-state index contributed by atoms with van der Waals surface area (Å²) in [5.41, 5.74) is 2.99. The molecule has 1 saturated heterocycles. The first-order chi connectivity index (χ1) is 14.1. The quantitative estimate of drug-likeness (QED) is 0.273. The van der Waals surface area contributed by atoms with E-state index in [1.54, 1.807) is 5.56 Å². The number of unbranched alkanes of at least 4 members (excludes halogenated alkanes) is 4. The summed E-state index contributed by atoms with van der Waals surface area (Å²) >= 11 is 0. The number of rotatable bonds is 9. The van der Waals surface area contributed by atoms with Crippen molar-refractivity contribution in [3.05, 3.63) is 58.9 Å². The van der Waals surface area contributed by atoms with E-state index >= 15 is 0 Å². The minimum atomic E-state index is 0.169. The van der Waals surface area contributed by atoms with E-state index in [0.717, 1.165) is 17.8 Å². The van der Waals surface area contributed by atoms with Crippen molar-refractivity contribution in [1.29, 1.82) is 0 Å². The first-order valence-electron chi connectivity index (χ1n) is 12.1. The lowest BCUT2D eigenvalue weighted by molar-refractivity contribution is 0.453. The average molecular weight is 427 g/mol. The number of allylic oxidation sites excluding steroid dienone is 4. The number of aryl methyl sites for hydroxylation is 1. The maximum atomic E-state index is 2.62. The molecule has 0 nitrogen and oxygen atoms in total. The fourth-order valence-corrected chi connectivity index (χ4v) is 18.2. The molecule has 1 aromatic carbocycles. The Morgan fingerprint density at radius 3 is 2.45 bits per heavy atom. The van der Waals surface area contributed by atoms with Gasteiger partial charge < -0.3 is 0 Å². The molecule has 0 N–H and O–H groups in total. The van der Waals surface area contributed by atoms with Crippen molar-refractivity contribution in [1.82, 2.24) is 0 Å². The van der Waals surface area contributed by atoms with E-state index in [2.05, 4.69) is 70.2 Å². The second kappa shape index (κ2) is 9.37. The Kier molecular flexibility index (Phi) is 7.03. The van der Waals surface area contributed by atoms with Crippen LogP contribution in [0.2, 0.25) is 0 Å². The summed E-state index contributed by atoms with van der Waals surface area (Å²) in [4.78, 5) is 0. The summed E-state index contributed by atoms with van der Waals surface area (Å²) in [7, 11) is 0.347. The normalized spacial score (nSPS) is 35.0. The third kappa shape index (κ3) is 3.72. The zero-order valence-electron chi connectivity index (χ0n) is 19.0. The Morgan fingerprint density at radius 2 is 1.72 bits per heavy atom. The van der Waals surface area contributed by atoms with Crippen molar-refractivity contribution >= 4 is 15.2 Å². The van der Waals surface area contributed by atoms with Gasteiger partial charge in [0.15, 0.2) is 0 Å². The van der Waals surface area contributed by atoms with Crippen LogP contribution in [0.4, 0.5) is 0 Å². The van der Waals surface area contributed by atoms with E-state index in [-0.39, 0.29) is 15.2 Å². The highest BCUT2D eigenvalue weighted by atomic mass is 32.1. The molecule has 2 heteroatoms. The molecule has 0 aromatic heterocycles. The molecule has 1 saturated carbocycles. The van der Waals surface area contributed by atoms with Gasteiger partial charge in [0, 0.05) is 5.16 Å². The fourth-order valence-electron chi connectivity index (χ4n) is 6.36. The van der Waals surface area contributed by atoms with Crippen LogP contribution in [0.15, 0.2) is 47.8 Å². The highest BCUT2D eigenvalue weighted by Crippen LogP contribution is 2.97. The lowest BCUT2D eigenvalue weighted by atomic mass is 9.82. The van der Waals surface area contributed by atoms with Crippen molar-refractivity contribution in [2.45, 2.75) is 83.7 Å². The Hall–Kier alpha value is -0.440. The van der Waals surface area contributed by atoms with Gasteiger partial charge in [-0.1, -0.05) is 116 Å². The van der Waals surface area contributed by atoms with Gasteiger partial charge in [-0.25, -0.2) is 0 Å². The predicted octanol–water partition coefficient (Wildman–Crippen LogP) is 9.20. The monoisotopic (exact) mass is 426 g/mol. The van der Waals surface area contributed by atoms with Crippen LogP contribution in [0.25, 0.3) is 0 Å². The van der Waals surface area contributed by atoms with Gasteiger partial charge >= 0.3 is 0 Å². The number of benzene rings is 1. The summed E-state index contributed by atoms with van der Waals surface area (Å²) in [5, 5.41) is 2.50. The Morgan fingerprint density at radius 1 is 0.966 bits per heavy atom. The Labute approximate surface area is 182 Å². The van der Waals surface area contributed by atoms with E-state index in [0.29, 0.717) is 5.16 Å². The van der Waals surface area contributed by atoms with Crippen molar-refractivity contribution in [2.24, 2.45) is 11.8 Å². The van der Waals surface area contributed by atoms with Gasteiger partial charge in [0.05, 0.1) is 0 Å². The van der Waals surface area contributed by atoms with Gasteiger partial charge in [0.1, 0.15) is 0 Å². The van der Waals surface area contributed by atoms with Crippen LogP contribution in [-0.4, -0.2) is 17.5 Å². The molecule has 3 aliphatic rings. The molecule has 6 atom stereocenters. The van der Waals surface area contributed by atoms with Crippen molar-refractivity contribution < 1.29 is 0 Å². The molecule has 0 radical (unpaired) electrons. The largest absolute Gasteiger partial charge is 0.0801 e. The second-order valence-electron chi connectivity index (χ2n) is 9.57. The van der Waals surface area contributed by atoms with Crippen LogP contribution >= 0.6 is 15.2 Å². The molecule has 1 heterocycles. The molecule has 6 unspecified atom stereocenters. The average Bonchev–Trinajstić information content (AvgIpc) is 3.04. The Bertz CT molecular complexity index is 746. The second-order valence-corrected chi connectivity index (χ2v) is 16.2. The minimum Gasteiger partial charge on any atom is -0.0801 e. The number of hydrogen-bond acceptors (Lipinski definition) is 0. The van der Waals surface area contributed by atoms with E-state index in [4.69, 9.17) is 0 Å². The zero-order valence-corrected chi connectivity index (χ0v) is 20.8. The molecule has 0 bridgehead atoms. The standard InChI is InChI=1S/C27H40P2/c1-5-7-8-9-10-19-28-26-13-11-12-24-20-25(23-16-14-21(3)15-17-23)22(4)27(24,26)29(28)18-6-2/h11-17,22,24-25H,5-10,18-20H2,1-4H3. The lowest BCUT2D eigenvalue weighted by Crippen LogP contribution is -2.46. The van der Waals surface area contributed by atoms with Crippen LogP contribution < -0.4 is 0 Å². The zero-order chi connectivity index (χ0) is 20.4. The summed E-state index contributed by atoms with van der Waals surface area (Å²) in [6.07, 6.45) is 20.6. The maximum Gasteiger partial charge on any atom is 0.0298 e. The van der Waals surface area contributed by atoms with Crippen LogP contribution in [0.5, 0.6) is 0 Å². The highest BCUT2D eigenvalue weighted by Gasteiger charge is 2.67. The third-order valence-electron chi connectivity index (χ3n) is 7.79. The SMILES string of the molecule is CCCCCCCP1C2=CC=CC3CC(c4ccc(C)cc4)C(C)C23P1CCC. The molecule has 0 amide bonds. The smallest absolute Gasteiger partial charge is 0.0298 e. The van der Waals surface area contributed by atoms with E-state index in [9.17, 15) is 0 Å². The van der Waals surface area contributed by atoms with E-state index in [1.165, 1.54) is 62.8 Å². The number of hydrogen-bond donors (Lipinski definition) is 0. The lowest BCUT2D eigenvalue weighted by Gasteiger charge is -2.63. The van der Waals surface area contributed by atoms with Crippen LogP contribution in [-0.2, 0) is 0 Å². The van der Waals surface area contributed by atoms with Crippen LogP contribution in [0, 0.1) is 18.8 Å². The minimum absolute atomic E-state index is 0.169. The molecule has 1 aromatic rings. The van der Waals surface area contributed by atoms with Gasteiger partial charge in [-0.2, -0.15) is 0 Å². The summed E-state index contributed by atoms with van der Waals surface area (Å²) in [6.45, 7) is 9.59. The molecule has 1 spiro atoms.